The van der Waals surface area contributed by atoms with Crippen molar-refractivity contribution in [2.75, 3.05) is 0 Å². The number of carbonyl (C=O) groups is 4. The van der Waals surface area contributed by atoms with Gasteiger partial charge in [-0.2, -0.15) is 0 Å². The van der Waals surface area contributed by atoms with Gasteiger partial charge < -0.3 is 10.2 Å². The zero-order valence-corrected chi connectivity index (χ0v) is 28.0. The smallest absolute Gasteiger partial charge is 0.273 e. The lowest BCUT2D eigenvalue weighted by Crippen LogP contribution is -2.47. The number of rotatable bonds is 19. The number of hydrogen-bond acceptors (Lipinski definition) is 6. The summed E-state index contributed by atoms with van der Waals surface area (Å²) in [6.45, 7) is 7.95. The Morgan fingerprint density at radius 2 is 1.07 bits per heavy atom. The predicted molar refractivity (Wildman–Crippen MR) is 180 cm³/mol. The monoisotopic (exact) mass is 638 g/mol. The van der Waals surface area contributed by atoms with Gasteiger partial charge in [0.25, 0.3) is 11.8 Å². The van der Waals surface area contributed by atoms with Crippen molar-refractivity contribution in [3.8, 4) is 11.5 Å². The van der Waals surface area contributed by atoms with Gasteiger partial charge in [-0.25, -0.2) is 0 Å². The highest BCUT2D eigenvalue weighted by atomic mass is 16.3. The number of phenols is 2. The van der Waals surface area contributed by atoms with Gasteiger partial charge in [-0.15, -0.1) is 0 Å². The fourth-order valence-corrected chi connectivity index (χ4v) is 5.39. The Bertz CT molecular complexity index is 1280. The van der Waals surface area contributed by atoms with E-state index in [-0.39, 0.29) is 29.0 Å². The van der Waals surface area contributed by atoms with Crippen molar-refractivity contribution in [2.45, 2.75) is 118 Å². The third-order valence-electron chi connectivity index (χ3n) is 8.29. The number of phenolic OH excluding ortho intramolecular Hbond substituents is 2. The maximum absolute atomic E-state index is 13.2. The molecule has 0 spiro atoms. The van der Waals surface area contributed by atoms with E-state index in [2.05, 4.69) is 42.5 Å². The van der Waals surface area contributed by atoms with E-state index in [0.717, 1.165) is 64.2 Å². The summed E-state index contributed by atoms with van der Waals surface area (Å²) in [7, 11) is 0. The predicted octanol–water partition coefficient (Wildman–Crippen LogP) is 6.40. The fourth-order valence-electron chi connectivity index (χ4n) is 5.39. The van der Waals surface area contributed by atoms with Gasteiger partial charge >= 0.3 is 0 Å². The van der Waals surface area contributed by atoms with Crippen LogP contribution in [0.25, 0.3) is 0 Å². The van der Waals surface area contributed by atoms with Gasteiger partial charge in [0.1, 0.15) is 11.5 Å². The van der Waals surface area contributed by atoms with Crippen LogP contribution in [-0.4, -0.2) is 33.8 Å². The first-order valence-electron chi connectivity index (χ1n) is 17.0. The Balaban J connectivity index is 2.00. The number of unbranched alkanes of at least 4 members (excludes halogenated alkanes) is 7. The summed E-state index contributed by atoms with van der Waals surface area (Å²) in [4.78, 5) is 51.8. The number of amides is 4. The number of hydrogen-bond donors (Lipinski definition) is 6. The molecule has 0 aliphatic heterocycles. The SMILES string of the molecule is CCCCCCC(CC(C)C(=O)NNC(=O)c1cccc(CCCCC)c1O)C(=O)NNC(=O)c1cccc(CCCCC)c1O. The van der Waals surface area contributed by atoms with Crippen LogP contribution in [0.4, 0.5) is 0 Å². The Labute approximate surface area is 274 Å². The average Bonchev–Trinajstić information content (AvgIpc) is 3.05. The van der Waals surface area contributed by atoms with E-state index in [1.807, 2.05) is 0 Å². The van der Waals surface area contributed by atoms with Gasteiger partial charge in [0, 0.05) is 11.8 Å². The Morgan fingerprint density at radius 1 is 0.609 bits per heavy atom. The number of para-hydroxylation sites is 2. The van der Waals surface area contributed by atoms with E-state index >= 15 is 0 Å². The molecule has 4 amide bonds. The quantitative estimate of drug-likeness (QED) is 0.0773. The maximum atomic E-state index is 13.2. The van der Waals surface area contributed by atoms with Crippen LogP contribution in [0.3, 0.4) is 0 Å². The molecule has 0 aromatic heterocycles. The highest BCUT2D eigenvalue weighted by Crippen LogP contribution is 2.26. The number of hydrazine groups is 2. The topological polar surface area (TPSA) is 157 Å². The molecule has 0 heterocycles. The lowest BCUT2D eigenvalue weighted by molar-refractivity contribution is -0.129. The minimum absolute atomic E-state index is 0.0726. The molecule has 10 heteroatoms. The summed E-state index contributed by atoms with van der Waals surface area (Å²) >= 11 is 0. The number of nitrogens with one attached hydrogen (secondary N) is 4. The van der Waals surface area contributed by atoms with Crippen molar-refractivity contribution in [1.82, 2.24) is 21.7 Å². The molecule has 0 radical (unpaired) electrons. The zero-order valence-electron chi connectivity index (χ0n) is 28.0. The summed E-state index contributed by atoms with van der Waals surface area (Å²) < 4.78 is 0. The molecule has 0 aliphatic rings. The molecule has 0 saturated heterocycles. The van der Waals surface area contributed by atoms with Gasteiger partial charge in [-0.3, -0.25) is 40.9 Å². The zero-order chi connectivity index (χ0) is 33.9. The largest absolute Gasteiger partial charge is 0.507 e. The molecule has 2 aromatic rings. The van der Waals surface area contributed by atoms with E-state index in [9.17, 15) is 29.4 Å². The van der Waals surface area contributed by atoms with Crippen molar-refractivity contribution in [3.05, 3.63) is 58.7 Å². The van der Waals surface area contributed by atoms with Crippen molar-refractivity contribution in [3.63, 3.8) is 0 Å². The second-order valence-corrected chi connectivity index (χ2v) is 12.1. The molecule has 6 N–H and O–H groups in total. The van der Waals surface area contributed by atoms with E-state index in [4.69, 9.17) is 0 Å². The van der Waals surface area contributed by atoms with E-state index in [1.54, 1.807) is 31.2 Å². The van der Waals surface area contributed by atoms with Gasteiger partial charge in [0.15, 0.2) is 0 Å². The third-order valence-corrected chi connectivity index (χ3v) is 8.29. The van der Waals surface area contributed by atoms with Crippen molar-refractivity contribution < 1.29 is 29.4 Å². The summed E-state index contributed by atoms with van der Waals surface area (Å²) in [5.74, 6) is -3.58. The number of aryl methyl sites for hydroxylation is 2. The third kappa shape index (κ3) is 12.4. The molecular weight excluding hydrogens is 584 g/mol. The lowest BCUT2D eigenvalue weighted by atomic mass is 9.90. The highest BCUT2D eigenvalue weighted by molar-refractivity contribution is 5.99. The van der Waals surface area contributed by atoms with Gasteiger partial charge in [-0.05, 0) is 61.8 Å². The van der Waals surface area contributed by atoms with Crippen LogP contribution >= 0.6 is 0 Å². The molecule has 46 heavy (non-hydrogen) atoms. The Morgan fingerprint density at radius 3 is 1.54 bits per heavy atom. The Hall–Kier alpha value is -4.08. The van der Waals surface area contributed by atoms with Crippen LogP contribution in [0.15, 0.2) is 36.4 Å². The van der Waals surface area contributed by atoms with E-state index in [0.29, 0.717) is 30.4 Å². The number of benzene rings is 2. The first-order valence-corrected chi connectivity index (χ1v) is 17.0. The lowest BCUT2D eigenvalue weighted by Gasteiger charge is -2.21. The van der Waals surface area contributed by atoms with Crippen LogP contribution < -0.4 is 21.7 Å². The van der Waals surface area contributed by atoms with Crippen LogP contribution in [0.5, 0.6) is 11.5 Å². The molecule has 2 unspecified atom stereocenters. The summed E-state index contributed by atoms with van der Waals surface area (Å²) in [5, 5.41) is 21.3. The standard InChI is InChI=1S/C36H54N4O6/c1-5-8-11-14-19-28(34(44)38-40-36(46)30-23-16-21-27(32(30)42)18-13-10-7-3)24-25(4)33(43)37-39-35(45)29-22-15-20-26(31(29)41)17-12-9-6-2/h15-16,20-23,25,28,41-42H,5-14,17-19,24H2,1-4H3,(H,37,43)(H,38,44)(H,39,45)(H,40,46). The highest BCUT2D eigenvalue weighted by Gasteiger charge is 2.26. The van der Waals surface area contributed by atoms with Gasteiger partial charge in [0.2, 0.25) is 11.8 Å². The molecule has 2 atom stereocenters. The molecule has 254 valence electrons. The average molecular weight is 639 g/mol. The molecule has 10 nitrogen and oxygen atoms in total. The van der Waals surface area contributed by atoms with Crippen LogP contribution in [0.1, 0.15) is 137 Å². The second-order valence-electron chi connectivity index (χ2n) is 12.1. The normalized spacial score (nSPS) is 12.2. The molecule has 0 saturated carbocycles. The minimum Gasteiger partial charge on any atom is -0.507 e. The molecule has 2 rings (SSSR count). The van der Waals surface area contributed by atoms with E-state index in [1.165, 1.54) is 12.1 Å². The maximum Gasteiger partial charge on any atom is 0.273 e. The number of carbonyl (C=O) groups excluding carboxylic acids is 4. The van der Waals surface area contributed by atoms with Crippen molar-refractivity contribution >= 4 is 23.6 Å². The summed E-state index contributed by atoms with van der Waals surface area (Å²) in [6, 6.07) is 9.98. The number of aromatic hydroxyl groups is 2. The summed E-state index contributed by atoms with van der Waals surface area (Å²) in [5.41, 5.74) is 11.2. The van der Waals surface area contributed by atoms with Gasteiger partial charge in [0.05, 0.1) is 11.1 Å². The van der Waals surface area contributed by atoms with Crippen LogP contribution in [0, 0.1) is 11.8 Å². The molecule has 2 aromatic carbocycles. The Kier molecular flexibility index (Phi) is 17.3. The minimum atomic E-state index is -0.643. The molecular formula is C36H54N4O6. The van der Waals surface area contributed by atoms with E-state index < -0.39 is 35.5 Å². The van der Waals surface area contributed by atoms with Crippen LogP contribution in [0.2, 0.25) is 0 Å². The van der Waals surface area contributed by atoms with Gasteiger partial charge in [-0.1, -0.05) is 103 Å². The van der Waals surface area contributed by atoms with Crippen molar-refractivity contribution in [2.24, 2.45) is 11.8 Å². The first-order chi connectivity index (χ1) is 22.1. The molecule has 0 fully saturated rings. The fraction of sp³-hybridized carbons (Fsp3) is 0.556. The second kappa shape index (κ2) is 20.9. The first kappa shape index (κ1) is 38.1. The summed E-state index contributed by atoms with van der Waals surface area (Å²) in [6.07, 6.45) is 11.7. The molecule has 0 bridgehead atoms. The molecule has 0 aliphatic carbocycles. The van der Waals surface area contributed by atoms with Crippen molar-refractivity contribution in [1.29, 1.82) is 0 Å². The van der Waals surface area contributed by atoms with Crippen LogP contribution in [-0.2, 0) is 22.4 Å².